The topological polar surface area (TPSA) is 153 Å². The summed E-state index contributed by atoms with van der Waals surface area (Å²) in [6.07, 6.45) is 2.99. The van der Waals surface area contributed by atoms with Gasteiger partial charge in [0.1, 0.15) is 5.82 Å². The van der Waals surface area contributed by atoms with E-state index in [0.29, 0.717) is 12.2 Å². The highest BCUT2D eigenvalue weighted by molar-refractivity contribution is 7.70. The summed E-state index contributed by atoms with van der Waals surface area (Å²) >= 11 is 0. The van der Waals surface area contributed by atoms with Crippen LogP contribution in [0, 0.1) is 0 Å². The van der Waals surface area contributed by atoms with E-state index in [1.807, 2.05) is 0 Å². The lowest BCUT2D eigenvalue weighted by Crippen LogP contribution is -2.22. The minimum Gasteiger partial charge on any atom is -0.376 e. The van der Waals surface area contributed by atoms with E-state index in [2.05, 4.69) is 9.97 Å². The minimum atomic E-state index is -4.94. The van der Waals surface area contributed by atoms with Crippen molar-refractivity contribution in [2.75, 3.05) is 6.61 Å². The molecule has 0 aliphatic rings. The highest BCUT2D eigenvalue weighted by Crippen LogP contribution is 2.59. The Bertz CT molecular complexity index is 457. The molecule has 0 aliphatic heterocycles. The summed E-state index contributed by atoms with van der Waals surface area (Å²) < 4.78 is 27.1. The number of nitrogens with one attached hydrogen (secondary N) is 1. The van der Waals surface area contributed by atoms with Crippen LogP contribution in [-0.2, 0) is 20.3 Å². The van der Waals surface area contributed by atoms with E-state index >= 15 is 0 Å². The van der Waals surface area contributed by atoms with Crippen LogP contribution in [0.3, 0.4) is 0 Å². The normalized spacial score (nSPS) is 14.8. The molecule has 11 heteroatoms. The molecule has 1 aromatic rings. The molecular formula is C8H16N2O7P2. The van der Waals surface area contributed by atoms with Crippen LogP contribution in [0.1, 0.15) is 12.7 Å². The molecule has 0 radical (unpaired) electrons. The van der Waals surface area contributed by atoms with E-state index < -0.39 is 33.3 Å². The number of ether oxygens (including phenoxy) is 1. The zero-order valence-electron chi connectivity index (χ0n) is 10.1. The summed E-state index contributed by atoms with van der Waals surface area (Å²) in [5.41, 5.74) is 0. The average molecular weight is 314 g/mol. The van der Waals surface area contributed by atoms with E-state index in [4.69, 9.17) is 24.3 Å². The molecule has 1 unspecified atom stereocenters. The highest BCUT2D eigenvalue weighted by Gasteiger charge is 2.43. The molecule has 1 aromatic heterocycles. The Hall–Kier alpha value is -0.530. The lowest BCUT2D eigenvalue weighted by atomic mass is 10.3. The van der Waals surface area contributed by atoms with Gasteiger partial charge in [-0.05, 0) is 6.92 Å². The Morgan fingerprint density at radius 1 is 1.32 bits per heavy atom. The summed E-state index contributed by atoms with van der Waals surface area (Å²) in [6, 6.07) is 0. The number of hydrogen-bond donors (Lipinski definition) is 5. The second-order valence-electron chi connectivity index (χ2n) is 4.04. The monoisotopic (exact) mass is 314 g/mol. The van der Waals surface area contributed by atoms with E-state index in [9.17, 15) is 9.13 Å². The molecule has 0 saturated heterocycles. The third-order valence-corrected chi connectivity index (χ3v) is 6.00. The number of aromatic amines is 1. The number of H-pyrrole nitrogens is 1. The van der Waals surface area contributed by atoms with Crippen LogP contribution < -0.4 is 0 Å². The fourth-order valence-corrected chi connectivity index (χ4v) is 3.51. The second-order valence-corrected chi connectivity index (χ2v) is 8.05. The Balaban J connectivity index is 2.57. The van der Waals surface area contributed by atoms with Gasteiger partial charge in [-0.15, -0.1) is 0 Å². The van der Waals surface area contributed by atoms with Crippen LogP contribution in [0.2, 0.25) is 0 Å². The maximum atomic E-state index is 11.0. The molecule has 1 atom stereocenters. The molecule has 5 N–H and O–H groups in total. The molecule has 0 fully saturated rings. The third kappa shape index (κ3) is 5.54. The van der Waals surface area contributed by atoms with Crippen molar-refractivity contribution in [1.29, 1.82) is 0 Å². The fourth-order valence-electron chi connectivity index (χ4n) is 1.38. The third-order valence-electron chi connectivity index (χ3n) is 2.34. The van der Waals surface area contributed by atoms with E-state index in [1.54, 1.807) is 13.1 Å². The first-order valence-corrected chi connectivity index (χ1v) is 8.67. The van der Waals surface area contributed by atoms with Gasteiger partial charge in [0, 0.05) is 18.8 Å². The van der Waals surface area contributed by atoms with Gasteiger partial charge in [0.05, 0.1) is 12.7 Å². The van der Waals surface area contributed by atoms with Gasteiger partial charge in [0.2, 0.25) is 0 Å². The molecular weight excluding hydrogens is 298 g/mol. The van der Waals surface area contributed by atoms with Gasteiger partial charge in [-0.25, -0.2) is 4.98 Å². The molecule has 0 aromatic carbocycles. The molecule has 0 bridgehead atoms. The van der Waals surface area contributed by atoms with Gasteiger partial charge in [-0.1, -0.05) is 0 Å². The Morgan fingerprint density at radius 3 is 2.32 bits per heavy atom. The summed E-state index contributed by atoms with van der Waals surface area (Å²) in [5, 5.41) is -2.14. The van der Waals surface area contributed by atoms with Gasteiger partial charge < -0.3 is 29.3 Å². The zero-order chi connectivity index (χ0) is 14.7. The van der Waals surface area contributed by atoms with E-state index in [0.717, 1.165) is 0 Å². The molecule has 0 saturated carbocycles. The SMILES string of the molecule is CC(Cc1ncc[nH]1)OCC(P(=O)(O)O)P(=O)(O)O. The Kier molecular flexibility index (Phi) is 5.46. The predicted molar refractivity (Wildman–Crippen MR) is 65.6 cm³/mol. The largest absolute Gasteiger partial charge is 0.376 e. The fraction of sp³-hybridized carbons (Fsp3) is 0.625. The summed E-state index contributed by atoms with van der Waals surface area (Å²) in [6.45, 7) is 0.884. The summed E-state index contributed by atoms with van der Waals surface area (Å²) in [7, 11) is -9.87. The molecule has 9 nitrogen and oxygen atoms in total. The zero-order valence-corrected chi connectivity index (χ0v) is 11.9. The van der Waals surface area contributed by atoms with Gasteiger partial charge >= 0.3 is 15.2 Å². The molecule has 19 heavy (non-hydrogen) atoms. The van der Waals surface area contributed by atoms with Crippen molar-refractivity contribution in [2.45, 2.75) is 24.8 Å². The van der Waals surface area contributed by atoms with Gasteiger partial charge in [-0.3, -0.25) is 9.13 Å². The number of aromatic nitrogens is 2. The first-order chi connectivity index (χ1) is 8.60. The molecule has 110 valence electrons. The summed E-state index contributed by atoms with van der Waals surface area (Å²) in [4.78, 5) is 42.4. The minimum absolute atomic E-state index is 0.335. The Labute approximate surface area is 109 Å². The first-order valence-electron chi connectivity index (χ1n) is 5.31. The number of rotatable bonds is 7. The molecule has 1 heterocycles. The molecule has 0 amide bonds. The predicted octanol–water partition coefficient (Wildman–Crippen LogP) is 0.0388. The molecule has 0 spiro atoms. The number of imidazole rings is 1. The lowest BCUT2D eigenvalue weighted by molar-refractivity contribution is 0.0676. The standard InChI is InChI=1S/C8H16N2O7P2/c1-6(4-7-9-2-3-10-7)17-5-8(18(11,12)13)19(14,15)16/h2-3,6,8H,4-5H2,1H3,(H,9,10)(H2,11,12,13)(H2,14,15,16). The van der Waals surface area contributed by atoms with Gasteiger partial charge in [0.15, 0.2) is 5.40 Å². The van der Waals surface area contributed by atoms with Crippen molar-refractivity contribution in [3.05, 3.63) is 18.2 Å². The van der Waals surface area contributed by atoms with Crippen LogP contribution in [-0.4, -0.2) is 47.7 Å². The van der Waals surface area contributed by atoms with Crippen molar-refractivity contribution in [1.82, 2.24) is 9.97 Å². The van der Waals surface area contributed by atoms with Crippen molar-refractivity contribution in [2.24, 2.45) is 0 Å². The van der Waals surface area contributed by atoms with Crippen LogP contribution in [0.4, 0.5) is 0 Å². The first kappa shape index (κ1) is 16.5. The molecule has 0 aliphatic carbocycles. The summed E-state index contributed by atoms with van der Waals surface area (Å²) in [5.74, 6) is 0.608. The molecule has 1 rings (SSSR count). The van der Waals surface area contributed by atoms with Crippen LogP contribution >= 0.6 is 15.2 Å². The average Bonchev–Trinajstić information content (AvgIpc) is 2.65. The lowest BCUT2D eigenvalue weighted by Gasteiger charge is -2.21. The van der Waals surface area contributed by atoms with E-state index in [1.165, 1.54) is 6.20 Å². The quantitative estimate of drug-likeness (QED) is 0.442. The van der Waals surface area contributed by atoms with Crippen molar-refractivity contribution in [3.8, 4) is 0 Å². The Morgan fingerprint density at radius 2 is 1.89 bits per heavy atom. The van der Waals surface area contributed by atoms with Crippen LogP contribution in [0.25, 0.3) is 0 Å². The van der Waals surface area contributed by atoms with Crippen LogP contribution in [0.5, 0.6) is 0 Å². The number of nitrogens with zero attached hydrogens (tertiary/aromatic N) is 1. The van der Waals surface area contributed by atoms with Crippen molar-refractivity contribution < 1.29 is 33.4 Å². The maximum Gasteiger partial charge on any atom is 0.343 e. The van der Waals surface area contributed by atoms with Gasteiger partial charge in [0.25, 0.3) is 0 Å². The highest BCUT2D eigenvalue weighted by atomic mass is 31.2. The maximum absolute atomic E-state index is 11.0. The van der Waals surface area contributed by atoms with Crippen molar-refractivity contribution >= 4 is 15.2 Å². The second kappa shape index (κ2) is 6.28. The van der Waals surface area contributed by atoms with Crippen molar-refractivity contribution in [3.63, 3.8) is 0 Å². The smallest absolute Gasteiger partial charge is 0.343 e. The van der Waals surface area contributed by atoms with E-state index in [-0.39, 0.29) is 0 Å². The number of hydrogen-bond acceptors (Lipinski definition) is 4. The van der Waals surface area contributed by atoms with Crippen LogP contribution in [0.15, 0.2) is 12.4 Å². The van der Waals surface area contributed by atoms with Gasteiger partial charge in [-0.2, -0.15) is 0 Å².